The third kappa shape index (κ3) is 2.36. The van der Waals surface area contributed by atoms with Crippen LogP contribution in [-0.4, -0.2) is 18.5 Å². The molecule has 1 aliphatic heterocycles. The highest BCUT2D eigenvalue weighted by atomic mass is 16.2. The highest BCUT2D eigenvalue weighted by molar-refractivity contribution is 6.15. The van der Waals surface area contributed by atoms with E-state index in [0.29, 0.717) is 25.2 Å². The van der Waals surface area contributed by atoms with E-state index in [-0.39, 0.29) is 17.9 Å². The molecule has 5 nitrogen and oxygen atoms in total. The second-order valence-corrected chi connectivity index (χ2v) is 4.47. The number of rotatable bonds is 2. The van der Waals surface area contributed by atoms with Gasteiger partial charge in [-0.15, -0.1) is 0 Å². The maximum absolute atomic E-state index is 12.2. The first kappa shape index (κ1) is 12.6. The number of hydrogen-bond donors (Lipinski definition) is 2. The summed E-state index contributed by atoms with van der Waals surface area (Å²) in [5.74, 6) is -0.329. The maximum atomic E-state index is 12.2. The molecular weight excluding hydrogens is 230 g/mol. The lowest BCUT2D eigenvalue weighted by molar-refractivity contribution is -0.121. The molecule has 0 bridgehead atoms. The van der Waals surface area contributed by atoms with E-state index in [4.69, 9.17) is 5.73 Å². The van der Waals surface area contributed by atoms with Crippen molar-refractivity contribution in [3.63, 3.8) is 0 Å². The van der Waals surface area contributed by atoms with Crippen LogP contribution < -0.4 is 16.0 Å². The van der Waals surface area contributed by atoms with Gasteiger partial charge in [0.05, 0.1) is 5.69 Å². The van der Waals surface area contributed by atoms with Crippen molar-refractivity contribution in [2.75, 3.05) is 11.4 Å². The highest BCUT2D eigenvalue weighted by Crippen LogP contribution is 2.21. The molecule has 5 heteroatoms. The van der Waals surface area contributed by atoms with E-state index in [9.17, 15) is 9.59 Å². The second kappa shape index (κ2) is 5.18. The van der Waals surface area contributed by atoms with Crippen LogP contribution in [0.1, 0.15) is 18.9 Å². The van der Waals surface area contributed by atoms with Gasteiger partial charge in [-0.25, -0.2) is 9.69 Å². The molecule has 1 fully saturated rings. The monoisotopic (exact) mass is 247 g/mol. The van der Waals surface area contributed by atoms with Crippen LogP contribution in [0.3, 0.4) is 0 Å². The third-order valence-electron chi connectivity index (χ3n) is 3.10. The average Bonchev–Trinajstić information content (AvgIpc) is 2.50. The number of anilines is 1. The van der Waals surface area contributed by atoms with E-state index < -0.39 is 0 Å². The molecule has 1 saturated heterocycles. The van der Waals surface area contributed by atoms with Gasteiger partial charge < -0.3 is 11.1 Å². The molecule has 1 aromatic carbocycles. The summed E-state index contributed by atoms with van der Waals surface area (Å²) in [7, 11) is 0. The lowest BCUT2D eigenvalue weighted by Crippen LogP contribution is -2.42. The summed E-state index contributed by atoms with van der Waals surface area (Å²) in [6, 6.07) is 6.82. The Morgan fingerprint density at radius 2 is 2.22 bits per heavy atom. The number of nitrogens with two attached hydrogens (primary N) is 1. The van der Waals surface area contributed by atoms with Crippen molar-refractivity contribution in [2.24, 2.45) is 11.7 Å². The quantitative estimate of drug-likeness (QED) is 0.825. The standard InChI is InChI=1S/C13H17N3O2/c1-9-5-6-15-13(18)16(12(9)17)11-4-2-3-10(7-11)8-14/h2-4,7,9H,5-6,8,14H2,1H3,(H,15,18). The predicted molar refractivity (Wildman–Crippen MR) is 69.0 cm³/mol. The number of imide groups is 1. The highest BCUT2D eigenvalue weighted by Gasteiger charge is 2.30. The Morgan fingerprint density at radius 3 is 2.94 bits per heavy atom. The molecule has 0 aromatic heterocycles. The van der Waals surface area contributed by atoms with Crippen LogP contribution in [0.25, 0.3) is 0 Å². The molecule has 96 valence electrons. The van der Waals surface area contributed by atoms with Crippen LogP contribution in [-0.2, 0) is 11.3 Å². The number of hydrogen-bond acceptors (Lipinski definition) is 3. The van der Waals surface area contributed by atoms with Gasteiger partial charge in [0.15, 0.2) is 0 Å². The van der Waals surface area contributed by atoms with Gasteiger partial charge in [0.1, 0.15) is 0 Å². The number of urea groups is 1. The zero-order valence-corrected chi connectivity index (χ0v) is 10.3. The zero-order chi connectivity index (χ0) is 13.1. The fourth-order valence-corrected chi connectivity index (χ4v) is 1.99. The molecule has 0 spiro atoms. The van der Waals surface area contributed by atoms with Gasteiger partial charge in [-0.3, -0.25) is 4.79 Å². The molecule has 1 unspecified atom stereocenters. The number of carbonyl (C=O) groups excluding carboxylic acids is 2. The fraction of sp³-hybridized carbons (Fsp3) is 0.385. The Morgan fingerprint density at radius 1 is 1.44 bits per heavy atom. The summed E-state index contributed by atoms with van der Waals surface area (Å²) in [5, 5.41) is 2.73. The molecule has 1 aromatic rings. The molecule has 18 heavy (non-hydrogen) atoms. The van der Waals surface area contributed by atoms with E-state index in [1.807, 2.05) is 13.0 Å². The van der Waals surface area contributed by atoms with E-state index >= 15 is 0 Å². The average molecular weight is 247 g/mol. The van der Waals surface area contributed by atoms with Gasteiger partial charge in [-0.2, -0.15) is 0 Å². The zero-order valence-electron chi connectivity index (χ0n) is 10.3. The molecule has 3 N–H and O–H groups in total. The molecule has 1 aliphatic rings. The number of nitrogens with one attached hydrogen (secondary N) is 1. The number of nitrogens with zero attached hydrogens (tertiary/aromatic N) is 1. The lowest BCUT2D eigenvalue weighted by atomic mass is 10.1. The lowest BCUT2D eigenvalue weighted by Gasteiger charge is -2.21. The van der Waals surface area contributed by atoms with Crippen LogP contribution in [0.15, 0.2) is 24.3 Å². The van der Waals surface area contributed by atoms with Gasteiger partial charge in [-0.05, 0) is 24.1 Å². The summed E-state index contributed by atoms with van der Waals surface area (Å²) in [4.78, 5) is 25.3. The number of amides is 3. The summed E-state index contributed by atoms with van der Waals surface area (Å²) >= 11 is 0. The Balaban J connectivity index is 2.38. The third-order valence-corrected chi connectivity index (χ3v) is 3.10. The van der Waals surface area contributed by atoms with Gasteiger partial charge in [0.25, 0.3) is 0 Å². The molecule has 0 saturated carbocycles. The van der Waals surface area contributed by atoms with Gasteiger partial charge >= 0.3 is 6.03 Å². The van der Waals surface area contributed by atoms with Gasteiger partial charge in [-0.1, -0.05) is 19.1 Å². The largest absolute Gasteiger partial charge is 0.337 e. The normalized spacial score (nSPS) is 20.6. The molecular formula is C13H17N3O2. The molecule has 1 atom stereocenters. The molecule has 2 rings (SSSR count). The first-order valence-electron chi connectivity index (χ1n) is 6.04. The van der Waals surface area contributed by atoms with E-state index in [1.165, 1.54) is 4.90 Å². The van der Waals surface area contributed by atoms with Crippen LogP contribution >= 0.6 is 0 Å². The van der Waals surface area contributed by atoms with Crippen molar-refractivity contribution in [3.8, 4) is 0 Å². The minimum absolute atomic E-state index is 0.162. The SMILES string of the molecule is CC1CCNC(=O)N(c2cccc(CN)c2)C1=O. The summed E-state index contributed by atoms with van der Waals surface area (Å²) in [6.07, 6.45) is 0.664. The van der Waals surface area contributed by atoms with E-state index in [2.05, 4.69) is 5.32 Å². The summed E-state index contributed by atoms with van der Waals surface area (Å²) in [6.45, 7) is 2.74. The van der Waals surface area contributed by atoms with Crippen LogP contribution in [0, 0.1) is 5.92 Å². The van der Waals surface area contributed by atoms with E-state index in [0.717, 1.165) is 5.56 Å². The number of carbonyl (C=O) groups is 2. The first-order chi connectivity index (χ1) is 8.63. The Bertz CT molecular complexity index is 473. The summed E-state index contributed by atoms with van der Waals surface area (Å²) in [5.41, 5.74) is 7.04. The van der Waals surface area contributed by atoms with Crippen molar-refractivity contribution in [3.05, 3.63) is 29.8 Å². The molecule has 1 heterocycles. The Kier molecular flexibility index (Phi) is 3.62. The minimum Gasteiger partial charge on any atom is -0.337 e. The van der Waals surface area contributed by atoms with Gasteiger partial charge in [0, 0.05) is 19.0 Å². The topological polar surface area (TPSA) is 75.4 Å². The number of benzene rings is 1. The predicted octanol–water partition coefficient (Wildman–Crippen LogP) is 1.23. The Hall–Kier alpha value is -1.88. The van der Waals surface area contributed by atoms with Crippen LogP contribution in [0.4, 0.5) is 10.5 Å². The minimum atomic E-state index is -0.362. The fourth-order valence-electron chi connectivity index (χ4n) is 1.99. The van der Waals surface area contributed by atoms with Crippen LogP contribution in [0.5, 0.6) is 0 Å². The first-order valence-corrected chi connectivity index (χ1v) is 6.04. The van der Waals surface area contributed by atoms with Crippen molar-refractivity contribution in [1.29, 1.82) is 0 Å². The second-order valence-electron chi connectivity index (χ2n) is 4.47. The molecule has 0 radical (unpaired) electrons. The van der Waals surface area contributed by atoms with Crippen molar-refractivity contribution in [2.45, 2.75) is 19.9 Å². The Labute approximate surface area is 106 Å². The summed E-state index contributed by atoms with van der Waals surface area (Å²) < 4.78 is 0. The van der Waals surface area contributed by atoms with Crippen molar-refractivity contribution in [1.82, 2.24) is 5.32 Å². The molecule has 0 aliphatic carbocycles. The maximum Gasteiger partial charge on any atom is 0.328 e. The molecule has 3 amide bonds. The van der Waals surface area contributed by atoms with Crippen molar-refractivity contribution >= 4 is 17.6 Å². The van der Waals surface area contributed by atoms with E-state index in [1.54, 1.807) is 18.2 Å². The van der Waals surface area contributed by atoms with Crippen molar-refractivity contribution < 1.29 is 9.59 Å². The van der Waals surface area contributed by atoms with Gasteiger partial charge in [0.2, 0.25) is 5.91 Å². The smallest absolute Gasteiger partial charge is 0.328 e. The van der Waals surface area contributed by atoms with Crippen LogP contribution in [0.2, 0.25) is 0 Å².